The summed E-state index contributed by atoms with van der Waals surface area (Å²) in [5.41, 5.74) is 1.30. The number of allylic oxidation sites excluding steroid dienone is 1. The Kier molecular flexibility index (Phi) is 5.06. The molecule has 1 N–H and O–H groups in total. The van der Waals surface area contributed by atoms with Crippen LogP contribution in [0.15, 0.2) is 30.3 Å². The van der Waals surface area contributed by atoms with E-state index in [9.17, 15) is 0 Å². The summed E-state index contributed by atoms with van der Waals surface area (Å²) < 4.78 is 1.34. The highest BCUT2D eigenvalue weighted by Crippen LogP contribution is 2.35. The lowest BCUT2D eigenvalue weighted by atomic mass is 10.1. The quantitative estimate of drug-likeness (QED) is 0.769. The Morgan fingerprint density at radius 3 is 2.50 bits per heavy atom. The summed E-state index contributed by atoms with van der Waals surface area (Å²) in [6.07, 6.45) is 4.24. The highest BCUT2D eigenvalue weighted by Gasteiger charge is 2.06. The minimum atomic E-state index is 1.24. The largest absolute Gasteiger partial charge is 0.379 e. The molecule has 0 fully saturated rings. The van der Waals surface area contributed by atoms with Crippen molar-refractivity contribution in [1.82, 2.24) is 0 Å². The fourth-order valence-electron chi connectivity index (χ4n) is 1.58. The van der Waals surface area contributed by atoms with E-state index in [0.717, 1.165) is 0 Å². The van der Waals surface area contributed by atoms with Crippen LogP contribution in [0, 0.1) is 0 Å². The van der Waals surface area contributed by atoms with Gasteiger partial charge < -0.3 is 5.32 Å². The molecule has 0 atom stereocenters. The number of fused-ring (bicyclic) bond motifs is 1. The smallest absolute Gasteiger partial charge is 0.0965 e. The van der Waals surface area contributed by atoms with E-state index in [-0.39, 0.29) is 0 Å². The topological polar surface area (TPSA) is 12.0 Å². The van der Waals surface area contributed by atoms with Crippen LogP contribution >= 0.6 is 11.3 Å². The van der Waals surface area contributed by atoms with Crippen molar-refractivity contribution in [2.24, 2.45) is 0 Å². The van der Waals surface area contributed by atoms with Crippen LogP contribution in [0.1, 0.15) is 26.3 Å². The third-order valence-electron chi connectivity index (χ3n) is 2.19. The van der Waals surface area contributed by atoms with E-state index in [0.29, 0.717) is 0 Å². The molecule has 0 amide bonds. The Labute approximate surface area is 102 Å². The lowest BCUT2D eigenvalue weighted by Gasteiger charge is -1.96. The first-order chi connectivity index (χ1) is 7.86. The van der Waals surface area contributed by atoms with Gasteiger partial charge in [0.05, 0.1) is 5.00 Å². The Balaban J connectivity index is 0.000000606. The van der Waals surface area contributed by atoms with E-state index in [1.165, 1.54) is 20.7 Å². The fraction of sp³-hybridized carbons (Fsp3) is 0.286. The zero-order valence-electron chi connectivity index (χ0n) is 10.4. The molecule has 1 aromatic carbocycles. The third kappa shape index (κ3) is 2.45. The average Bonchev–Trinajstić information content (AvgIpc) is 2.71. The van der Waals surface area contributed by atoms with Crippen molar-refractivity contribution < 1.29 is 0 Å². The number of thiophene rings is 1. The normalized spacial score (nSPS) is 10.2. The first-order valence-electron chi connectivity index (χ1n) is 5.68. The molecule has 2 aromatic rings. The summed E-state index contributed by atoms with van der Waals surface area (Å²) in [7, 11) is 1.97. The molecule has 0 aliphatic heterocycles. The predicted octanol–water partition coefficient (Wildman–Crippen LogP) is 5.00. The van der Waals surface area contributed by atoms with Crippen LogP contribution < -0.4 is 5.32 Å². The van der Waals surface area contributed by atoms with Gasteiger partial charge in [-0.3, -0.25) is 0 Å². The van der Waals surface area contributed by atoms with Gasteiger partial charge >= 0.3 is 0 Å². The van der Waals surface area contributed by atoms with E-state index in [1.807, 2.05) is 27.8 Å². The maximum absolute atomic E-state index is 3.24. The van der Waals surface area contributed by atoms with Crippen LogP contribution in [0.4, 0.5) is 5.00 Å². The van der Waals surface area contributed by atoms with E-state index >= 15 is 0 Å². The second-order valence-electron chi connectivity index (χ2n) is 3.09. The van der Waals surface area contributed by atoms with Crippen molar-refractivity contribution in [3.63, 3.8) is 0 Å². The molecule has 0 aliphatic rings. The van der Waals surface area contributed by atoms with Crippen LogP contribution in [0.3, 0.4) is 0 Å². The van der Waals surface area contributed by atoms with Crippen LogP contribution in [0.2, 0.25) is 0 Å². The Hall–Kier alpha value is -1.28. The molecule has 86 valence electrons. The Morgan fingerprint density at radius 2 is 1.88 bits per heavy atom. The molecule has 1 heterocycles. The van der Waals surface area contributed by atoms with Gasteiger partial charge in [0.1, 0.15) is 0 Å². The van der Waals surface area contributed by atoms with E-state index in [1.54, 1.807) is 11.3 Å². The van der Waals surface area contributed by atoms with Gasteiger partial charge in [-0.2, -0.15) is 0 Å². The van der Waals surface area contributed by atoms with Gasteiger partial charge in [-0.15, -0.1) is 11.3 Å². The monoisotopic (exact) mass is 233 g/mol. The molecule has 0 unspecified atom stereocenters. The molecular formula is C14H19NS. The molecule has 0 spiro atoms. The highest BCUT2D eigenvalue weighted by atomic mass is 32.1. The molecule has 2 rings (SSSR count). The van der Waals surface area contributed by atoms with E-state index in [2.05, 4.69) is 41.7 Å². The molecule has 0 radical (unpaired) electrons. The number of hydrogen-bond acceptors (Lipinski definition) is 2. The molecule has 1 aromatic heterocycles. The second kappa shape index (κ2) is 6.33. The minimum Gasteiger partial charge on any atom is -0.379 e. The molecule has 0 bridgehead atoms. The predicted molar refractivity (Wildman–Crippen MR) is 77.4 cm³/mol. The van der Waals surface area contributed by atoms with Crippen molar-refractivity contribution in [1.29, 1.82) is 0 Å². The van der Waals surface area contributed by atoms with Crippen LogP contribution in [0.5, 0.6) is 0 Å². The van der Waals surface area contributed by atoms with Crippen molar-refractivity contribution in [3.8, 4) is 0 Å². The van der Waals surface area contributed by atoms with Gasteiger partial charge in [0.2, 0.25) is 0 Å². The Bertz CT molecular complexity index is 469. The molecule has 0 saturated heterocycles. The SMILES string of the molecule is C/C=C\c1c(NC)sc2ccccc12.CC. The first kappa shape index (κ1) is 12.8. The standard InChI is InChI=1S/C12H13NS.C2H6/c1-3-6-10-9-7-4-5-8-11(9)14-12(10)13-2;1-2/h3-8,13H,1-2H3;1-2H3/b6-3-;. The lowest BCUT2D eigenvalue weighted by molar-refractivity contribution is 1.50. The summed E-state index contributed by atoms with van der Waals surface area (Å²) >= 11 is 1.80. The van der Waals surface area contributed by atoms with Crippen molar-refractivity contribution in [2.45, 2.75) is 20.8 Å². The fourth-order valence-corrected chi connectivity index (χ4v) is 2.63. The van der Waals surface area contributed by atoms with Crippen LogP contribution in [0.25, 0.3) is 16.2 Å². The summed E-state index contributed by atoms with van der Waals surface area (Å²) in [6.45, 7) is 6.05. The maximum atomic E-state index is 3.24. The van der Waals surface area contributed by atoms with Gasteiger partial charge in [0.25, 0.3) is 0 Å². The van der Waals surface area contributed by atoms with Crippen LogP contribution in [-0.4, -0.2) is 7.05 Å². The molecule has 1 nitrogen and oxygen atoms in total. The molecule has 0 saturated carbocycles. The summed E-state index contributed by atoms with van der Waals surface area (Å²) in [5, 5.41) is 5.81. The molecule has 0 aliphatic carbocycles. The van der Waals surface area contributed by atoms with Gasteiger partial charge in [-0.05, 0) is 13.0 Å². The maximum Gasteiger partial charge on any atom is 0.0965 e. The molecular weight excluding hydrogens is 214 g/mol. The van der Waals surface area contributed by atoms with Gasteiger partial charge in [0, 0.05) is 22.7 Å². The van der Waals surface area contributed by atoms with Gasteiger partial charge in [0.15, 0.2) is 0 Å². The third-order valence-corrected chi connectivity index (χ3v) is 3.40. The van der Waals surface area contributed by atoms with Crippen LogP contribution in [-0.2, 0) is 0 Å². The summed E-state index contributed by atoms with van der Waals surface area (Å²) in [6, 6.07) is 8.50. The average molecular weight is 233 g/mol. The van der Waals surface area contributed by atoms with E-state index < -0.39 is 0 Å². The zero-order valence-corrected chi connectivity index (χ0v) is 11.2. The first-order valence-corrected chi connectivity index (χ1v) is 6.50. The van der Waals surface area contributed by atoms with Crippen molar-refractivity contribution in [3.05, 3.63) is 35.9 Å². The Morgan fingerprint density at radius 1 is 1.19 bits per heavy atom. The van der Waals surface area contributed by atoms with E-state index in [4.69, 9.17) is 0 Å². The van der Waals surface area contributed by atoms with Gasteiger partial charge in [-0.1, -0.05) is 44.2 Å². The lowest BCUT2D eigenvalue weighted by Crippen LogP contribution is -1.85. The molecule has 16 heavy (non-hydrogen) atoms. The number of anilines is 1. The number of nitrogens with one attached hydrogen (secondary N) is 1. The highest BCUT2D eigenvalue weighted by molar-refractivity contribution is 7.23. The summed E-state index contributed by atoms with van der Waals surface area (Å²) in [5.74, 6) is 0. The number of benzene rings is 1. The molecule has 2 heteroatoms. The minimum absolute atomic E-state index is 1.24. The van der Waals surface area contributed by atoms with Crippen molar-refractivity contribution >= 4 is 32.5 Å². The zero-order chi connectivity index (χ0) is 12.0. The van der Waals surface area contributed by atoms with Gasteiger partial charge in [-0.25, -0.2) is 0 Å². The van der Waals surface area contributed by atoms with Crippen molar-refractivity contribution in [2.75, 3.05) is 12.4 Å². The number of hydrogen-bond donors (Lipinski definition) is 1. The second-order valence-corrected chi connectivity index (χ2v) is 4.14. The number of rotatable bonds is 2. The summed E-state index contributed by atoms with van der Waals surface area (Å²) in [4.78, 5) is 0.